The Morgan fingerprint density at radius 2 is 1.79 bits per heavy atom. The van der Waals surface area contributed by atoms with Crippen molar-refractivity contribution in [3.8, 4) is 0 Å². The predicted molar refractivity (Wildman–Crippen MR) is 137 cm³/mol. The van der Waals surface area contributed by atoms with Crippen LogP contribution in [-0.4, -0.2) is 57.8 Å². The van der Waals surface area contributed by atoms with E-state index in [1.807, 2.05) is 0 Å². The maximum Gasteiger partial charge on any atom is 0.358 e. The molecule has 3 heterocycles. The van der Waals surface area contributed by atoms with Gasteiger partial charge in [-0.25, -0.2) is 9.59 Å². The van der Waals surface area contributed by atoms with Gasteiger partial charge in [0.25, 0.3) is 0 Å². The van der Waals surface area contributed by atoms with Gasteiger partial charge in [0, 0.05) is 23.8 Å². The lowest BCUT2D eigenvalue weighted by molar-refractivity contribution is -0.175. The molecule has 2 aliphatic heterocycles. The van der Waals surface area contributed by atoms with Crippen LogP contribution in [0, 0.1) is 11.3 Å². The van der Waals surface area contributed by atoms with E-state index < -0.39 is 48.2 Å². The molecule has 38 heavy (non-hydrogen) atoms. The molecule has 11 heteroatoms. The van der Waals surface area contributed by atoms with Crippen LogP contribution in [0.4, 0.5) is 16.2 Å². The minimum Gasteiger partial charge on any atom is -0.427 e. The summed E-state index contributed by atoms with van der Waals surface area (Å²) in [6.45, 7) is 5.95. The molecule has 200 valence electrons. The fourth-order valence-electron chi connectivity index (χ4n) is 4.45. The number of urea groups is 1. The molecule has 0 spiro atoms. The van der Waals surface area contributed by atoms with Crippen molar-refractivity contribution in [2.45, 2.75) is 46.3 Å². The molecule has 0 bridgehead atoms. The molecule has 1 aromatic carbocycles. The molecular formula is C27H30N4O7. The second-order valence-corrected chi connectivity index (χ2v) is 10.2. The molecule has 1 aromatic heterocycles. The molecule has 2 aromatic rings. The first-order valence-electron chi connectivity index (χ1n) is 12.1. The zero-order chi connectivity index (χ0) is 27.6. The Labute approximate surface area is 219 Å². The molecule has 4 rings (SSSR count). The first-order valence-corrected chi connectivity index (χ1v) is 12.1. The Kier molecular flexibility index (Phi) is 7.49. The summed E-state index contributed by atoms with van der Waals surface area (Å²) >= 11 is 0. The van der Waals surface area contributed by atoms with Gasteiger partial charge in [0.2, 0.25) is 12.7 Å². The van der Waals surface area contributed by atoms with E-state index in [9.17, 15) is 24.3 Å². The standard InChI is InChI=1S/C27H30N4O7/c1-15(32)21-20-13-19(22(31(20)23(21)33)24(34)37-14-38-25(35)27(2,3)4)16-6-5-7-18(12-16)30-26(36)29-17-8-10-28-11-9-17/h5-12,15,20-21,32H,13-14H2,1-4H3,(H2,28,29,30,36)/t15-,20-,21-/m1/s1. The SMILES string of the molecule is C[C@@H](O)[C@H]1C(=O)N2C(C(=O)OCOC(=O)C(C)(C)C)=C(c3cccc(NC(=O)Nc4ccncc4)c3)C[C@H]12. The molecule has 3 N–H and O–H groups in total. The zero-order valence-electron chi connectivity index (χ0n) is 21.6. The average molecular weight is 523 g/mol. The number of pyridine rings is 1. The number of aliphatic hydroxyl groups is 1. The number of hydrogen-bond donors (Lipinski definition) is 3. The quantitative estimate of drug-likeness (QED) is 0.285. The van der Waals surface area contributed by atoms with Crippen LogP contribution in [0.5, 0.6) is 0 Å². The Morgan fingerprint density at radius 3 is 2.45 bits per heavy atom. The second-order valence-electron chi connectivity index (χ2n) is 10.2. The molecule has 0 unspecified atom stereocenters. The van der Waals surface area contributed by atoms with Crippen LogP contribution in [-0.2, 0) is 23.9 Å². The molecule has 0 saturated carbocycles. The highest BCUT2D eigenvalue weighted by Crippen LogP contribution is 2.47. The largest absolute Gasteiger partial charge is 0.427 e. The summed E-state index contributed by atoms with van der Waals surface area (Å²) in [6.07, 6.45) is 2.52. The molecule has 11 nitrogen and oxygen atoms in total. The van der Waals surface area contributed by atoms with Gasteiger partial charge in [-0.05, 0) is 69.5 Å². The van der Waals surface area contributed by atoms with Crippen molar-refractivity contribution in [3.63, 3.8) is 0 Å². The van der Waals surface area contributed by atoms with E-state index in [4.69, 9.17) is 9.47 Å². The lowest BCUT2D eigenvalue weighted by Gasteiger charge is -2.44. The number of esters is 2. The Morgan fingerprint density at radius 1 is 1.11 bits per heavy atom. The van der Waals surface area contributed by atoms with Crippen molar-refractivity contribution in [1.29, 1.82) is 0 Å². The van der Waals surface area contributed by atoms with Crippen LogP contribution >= 0.6 is 0 Å². The number of ether oxygens (including phenoxy) is 2. The summed E-state index contributed by atoms with van der Waals surface area (Å²) in [4.78, 5) is 55.7. The van der Waals surface area contributed by atoms with E-state index in [1.165, 1.54) is 11.8 Å². The average Bonchev–Trinajstić information content (AvgIpc) is 3.19. The number of aromatic nitrogens is 1. The van der Waals surface area contributed by atoms with Gasteiger partial charge in [0.15, 0.2) is 0 Å². The Balaban J connectivity index is 1.56. The minimum atomic E-state index is -0.891. The van der Waals surface area contributed by atoms with E-state index in [0.717, 1.165) is 0 Å². The second kappa shape index (κ2) is 10.6. The molecule has 0 radical (unpaired) electrons. The number of benzene rings is 1. The van der Waals surface area contributed by atoms with Gasteiger partial charge in [-0.1, -0.05) is 12.1 Å². The first-order chi connectivity index (χ1) is 18.0. The van der Waals surface area contributed by atoms with Gasteiger partial charge in [-0.2, -0.15) is 0 Å². The number of anilines is 2. The van der Waals surface area contributed by atoms with E-state index in [0.29, 0.717) is 28.9 Å². The van der Waals surface area contributed by atoms with Gasteiger partial charge in [-0.3, -0.25) is 14.6 Å². The van der Waals surface area contributed by atoms with Crippen molar-refractivity contribution in [2.24, 2.45) is 11.3 Å². The number of rotatable bonds is 7. The number of nitrogens with one attached hydrogen (secondary N) is 2. The normalized spacial score (nSPS) is 19.3. The lowest BCUT2D eigenvalue weighted by atomic mass is 9.82. The number of carbonyl (C=O) groups excluding carboxylic acids is 4. The maximum atomic E-state index is 13.1. The van der Waals surface area contributed by atoms with Crippen LogP contribution in [0.25, 0.3) is 5.57 Å². The number of hydrogen-bond acceptors (Lipinski definition) is 8. The zero-order valence-corrected chi connectivity index (χ0v) is 21.6. The summed E-state index contributed by atoms with van der Waals surface area (Å²) in [5.74, 6) is -2.40. The van der Waals surface area contributed by atoms with Crippen molar-refractivity contribution < 1.29 is 33.8 Å². The maximum absolute atomic E-state index is 13.1. The smallest absolute Gasteiger partial charge is 0.358 e. The number of β-lactam (4-membered cyclic amide) rings is 1. The lowest BCUT2D eigenvalue weighted by Crippen LogP contribution is -2.61. The Bertz CT molecular complexity index is 1280. The molecule has 1 saturated heterocycles. The predicted octanol–water partition coefficient (Wildman–Crippen LogP) is 3.14. The highest BCUT2D eigenvalue weighted by atomic mass is 16.7. The van der Waals surface area contributed by atoms with Gasteiger partial charge < -0.3 is 30.1 Å². The fraction of sp³-hybridized carbons (Fsp3) is 0.370. The number of carbonyl (C=O) groups is 4. The topological polar surface area (TPSA) is 147 Å². The third-order valence-electron chi connectivity index (χ3n) is 6.32. The number of fused-ring (bicyclic) bond motifs is 1. The van der Waals surface area contributed by atoms with E-state index in [2.05, 4.69) is 15.6 Å². The fourth-order valence-corrected chi connectivity index (χ4v) is 4.45. The van der Waals surface area contributed by atoms with E-state index >= 15 is 0 Å². The van der Waals surface area contributed by atoms with Crippen LogP contribution in [0.1, 0.15) is 39.7 Å². The van der Waals surface area contributed by atoms with Crippen molar-refractivity contribution in [2.75, 3.05) is 17.4 Å². The summed E-state index contributed by atoms with van der Waals surface area (Å²) in [6, 6.07) is 9.25. The first kappa shape index (κ1) is 26.8. The monoisotopic (exact) mass is 522 g/mol. The van der Waals surface area contributed by atoms with Crippen LogP contribution < -0.4 is 10.6 Å². The summed E-state index contributed by atoms with van der Waals surface area (Å²) < 4.78 is 10.3. The van der Waals surface area contributed by atoms with Crippen LogP contribution in [0.15, 0.2) is 54.5 Å². The summed E-state index contributed by atoms with van der Waals surface area (Å²) in [7, 11) is 0. The van der Waals surface area contributed by atoms with Gasteiger partial charge in [-0.15, -0.1) is 0 Å². The van der Waals surface area contributed by atoms with Crippen LogP contribution in [0.2, 0.25) is 0 Å². The molecular weight excluding hydrogens is 492 g/mol. The number of aliphatic hydroxyl groups excluding tert-OH is 1. The van der Waals surface area contributed by atoms with Crippen LogP contribution in [0.3, 0.4) is 0 Å². The highest BCUT2D eigenvalue weighted by Gasteiger charge is 2.57. The van der Waals surface area contributed by atoms with Crippen molar-refractivity contribution in [3.05, 3.63) is 60.1 Å². The molecule has 2 aliphatic rings. The third kappa shape index (κ3) is 5.52. The molecule has 3 atom stereocenters. The van der Waals surface area contributed by atoms with Crippen molar-refractivity contribution >= 4 is 40.8 Å². The van der Waals surface area contributed by atoms with Gasteiger partial charge in [0.1, 0.15) is 5.70 Å². The van der Waals surface area contributed by atoms with E-state index in [-0.39, 0.29) is 11.6 Å². The number of amides is 3. The van der Waals surface area contributed by atoms with Gasteiger partial charge in [0.05, 0.1) is 23.5 Å². The van der Waals surface area contributed by atoms with E-state index in [1.54, 1.807) is 69.6 Å². The summed E-state index contributed by atoms with van der Waals surface area (Å²) in [5.41, 5.74) is 1.40. The molecule has 3 amide bonds. The molecule has 0 aliphatic carbocycles. The third-order valence-corrected chi connectivity index (χ3v) is 6.32. The number of nitrogens with zero attached hydrogens (tertiary/aromatic N) is 2. The highest BCUT2D eigenvalue weighted by molar-refractivity contribution is 6.07. The Hall–Kier alpha value is -4.25. The van der Waals surface area contributed by atoms with Crippen molar-refractivity contribution in [1.82, 2.24) is 9.88 Å². The minimum absolute atomic E-state index is 0.0297. The van der Waals surface area contributed by atoms with Gasteiger partial charge >= 0.3 is 18.0 Å². The molecule has 1 fully saturated rings. The summed E-state index contributed by atoms with van der Waals surface area (Å²) in [5, 5.41) is 15.6.